The second kappa shape index (κ2) is 4.20. The van der Waals surface area contributed by atoms with Gasteiger partial charge >= 0.3 is 5.97 Å². The largest absolute Gasteiger partial charge is 0.469 e. The van der Waals surface area contributed by atoms with Gasteiger partial charge in [0.1, 0.15) is 0 Å². The third-order valence-corrected chi connectivity index (χ3v) is 4.66. The number of ether oxygens (including phenoxy) is 1. The number of allylic oxidation sites excluding steroid dienone is 1. The van der Waals surface area contributed by atoms with Crippen molar-refractivity contribution in [3.8, 4) is 0 Å². The SMILES string of the molecule is COC(=O)[C@@H]1CC=C2C(=O)N(C)c3ccccc3[C@]21C. The Balaban J connectivity index is 2.23. The lowest BCUT2D eigenvalue weighted by Gasteiger charge is -2.41. The summed E-state index contributed by atoms with van der Waals surface area (Å²) in [7, 11) is 3.17. The number of hydrogen-bond acceptors (Lipinski definition) is 3. The predicted octanol–water partition coefficient (Wildman–Crippen LogP) is 2.04. The molecule has 2 atom stereocenters. The summed E-state index contributed by atoms with van der Waals surface area (Å²) in [5, 5.41) is 0. The van der Waals surface area contributed by atoms with Crippen LogP contribution in [0.3, 0.4) is 0 Å². The molecule has 2 aliphatic rings. The Morgan fingerprint density at radius 3 is 2.80 bits per heavy atom. The molecule has 0 radical (unpaired) electrons. The van der Waals surface area contributed by atoms with Crippen LogP contribution in [0.2, 0.25) is 0 Å². The van der Waals surface area contributed by atoms with Gasteiger partial charge in [0.2, 0.25) is 0 Å². The van der Waals surface area contributed by atoms with Gasteiger partial charge < -0.3 is 9.64 Å². The summed E-state index contributed by atoms with van der Waals surface area (Å²) in [6, 6.07) is 7.76. The van der Waals surface area contributed by atoms with Crippen molar-refractivity contribution >= 4 is 17.6 Å². The number of hydrogen-bond donors (Lipinski definition) is 0. The first-order valence-corrected chi connectivity index (χ1v) is 6.67. The van der Waals surface area contributed by atoms with Crippen LogP contribution < -0.4 is 4.90 Å². The van der Waals surface area contributed by atoms with E-state index in [2.05, 4.69) is 0 Å². The Bertz CT molecular complexity index is 634. The summed E-state index contributed by atoms with van der Waals surface area (Å²) < 4.78 is 4.93. The molecule has 0 bridgehead atoms. The molecule has 1 heterocycles. The number of carbonyl (C=O) groups excluding carboxylic acids is 2. The Hall–Kier alpha value is -2.10. The lowest BCUT2D eigenvalue weighted by Crippen LogP contribution is -2.46. The van der Waals surface area contributed by atoms with E-state index in [-0.39, 0.29) is 17.8 Å². The second-order valence-electron chi connectivity index (χ2n) is 5.51. The number of nitrogens with zero attached hydrogens (tertiary/aromatic N) is 1. The molecule has 1 aromatic rings. The second-order valence-corrected chi connectivity index (χ2v) is 5.51. The van der Waals surface area contributed by atoms with Crippen LogP contribution in [0.15, 0.2) is 35.9 Å². The van der Waals surface area contributed by atoms with Gasteiger partial charge in [-0.1, -0.05) is 31.2 Å². The van der Waals surface area contributed by atoms with Crippen LogP contribution in [0.1, 0.15) is 18.9 Å². The molecule has 0 saturated carbocycles. The van der Waals surface area contributed by atoms with E-state index in [1.807, 2.05) is 37.3 Å². The maximum Gasteiger partial charge on any atom is 0.310 e. The number of anilines is 1. The van der Waals surface area contributed by atoms with Gasteiger partial charge in [-0.25, -0.2) is 0 Å². The number of methoxy groups -OCH3 is 1. The average Bonchev–Trinajstić information content (AvgIpc) is 2.83. The summed E-state index contributed by atoms with van der Waals surface area (Å²) in [4.78, 5) is 26.3. The first-order chi connectivity index (χ1) is 9.51. The molecule has 1 aromatic carbocycles. The molecule has 3 rings (SSSR count). The Morgan fingerprint density at radius 1 is 1.40 bits per heavy atom. The summed E-state index contributed by atoms with van der Waals surface area (Å²) in [6.45, 7) is 1.97. The minimum absolute atomic E-state index is 0.0300. The molecule has 1 aliphatic carbocycles. The number of likely N-dealkylation sites (N-methyl/N-ethyl adjacent to an activating group) is 1. The van der Waals surface area contributed by atoms with E-state index in [9.17, 15) is 9.59 Å². The van der Waals surface area contributed by atoms with E-state index in [0.29, 0.717) is 12.0 Å². The standard InChI is InChI=1S/C16H17NO3/c1-16-10-6-4-5-7-13(10)17(2)14(18)11(16)8-9-12(16)15(19)20-3/h4-8,12H,9H2,1-3H3/t12-,16+/m0/s1. The molecule has 0 aromatic heterocycles. The fourth-order valence-corrected chi connectivity index (χ4v) is 3.48. The van der Waals surface area contributed by atoms with Crippen molar-refractivity contribution in [2.45, 2.75) is 18.8 Å². The van der Waals surface area contributed by atoms with E-state index in [4.69, 9.17) is 4.74 Å². The molecule has 1 amide bonds. The fraction of sp³-hybridized carbons (Fsp3) is 0.375. The molecule has 104 valence electrons. The quantitative estimate of drug-likeness (QED) is 0.734. The van der Waals surface area contributed by atoms with Crippen molar-refractivity contribution in [1.29, 1.82) is 0 Å². The minimum atomic E-state index is -0.590. The third-order valence-electron chi connectivity index (χ3n) is 4.66. The highest BCUT2D eigenvalue weighted by Crippen LogP contribution is 2.52. The van der Waals surface area contributed by atoms with Crippen molar-refractivity contribution < 1.29 is 14.3 Å². The van der Waals surface area contributed by atoms with Crippen molar-refractivity contribution in [1.82, 2.24) is 0 Å². The van der Waals surface area contributed by atoms with Crippen LogP contribution in [0.25, 0.3) is 0 Å². The summed E-state index contributed by atoms with van der Waals surface area (Å²) >= 11 is 0. The van der Waals surface area contributed by atoms with Crippen LogP contribution in [-0.4, -0.2) is 26.0 Å². The van der Waals surface area contributed by atoms with Crippen molar-refractivity contribution in [2.75, 3.05) is 19.1 Å². The van der Waals surface area contributed by atoms with Gasteiger partial charge in [-0.15, -0.1) is 0 Å². The molecule has 1 aliphatic heterocycles. The van der Waals surface area contributed by atoms with Crippen molar-refractivity contribution in [3.63, 3.8) is 0 Å². The van der Waals surface area contributed by atoms with Gasteiger partial charge in [0, 0.05) is 23.7 Å². The van der Waals surface area contributed by atoms with Gasteiger partial charge in [-0.3, -0.25) is 9.59 Å². The molecule has 0 fully saturated rings. The zero-order valence-corrected chi connectivity index (χ0v) is 11.8. The van der Waals surface area contributed by atoms with Crippen LogP contribution in [0.5, 0.6) is 0 Å². The minimum Gasteiger partial charge on any atom is -0.469 e. The highest BCUT2D eigenvalue weighted by Gasteiger charge is 2.53. The van der Waals surface area contributed by atoms with E-state index in [0.717, 1.165) is 11.3 Å². The highest BCUT2D eigenvalue weighted by atomic mass is 16.5. The predicted molar refractivity (Wildman–Crippen MR) is 75.4 cm³/mol. The summed E-state index contributed by atoms with van der Waals surface area (Å²) in [5.74, 6) is -0.621. The fourth-order valence-electron chi connectivity index (χ4n) is 3.48. The Morgan fingerprint density at radius 2 is 2.10 bits per heavy atom. The van der Waals surface area contributed by atoms with Gasteiger partial charge in [-0.2, -0.15) is 0 Å². The highest BCUT2D eigenvalue weighted by molar-refractivity contribution is 6.11. The average molecular weight is 271 g/mol. The molecule has 0 spiro atoms. The number of amides is 1. The molecule has 0 N–H and O–H groups in total. The molecular weight excluding hydrogens is 254 g/mol. The molecule has 4 nitrogen and oxygen atoms in total. The zero-order chi connectivity index (χ0) is 14.5. The summed E-state index contributed by atoms with van der Waals surface area (Å²) in [6.07, 6.45) is 2.43. The number of esters is 1. The van der Waals surface area contributed by atoms with Crippen LogP contribution in [0.4, 0.5) is 5.69 Å². The molecular formula is C16H17NO3. The smallest absolute Gasteiger partial charge is 0.310 e. The topological polar surface area (TPSA) is 46.6 Å². The molecule has 0 unspecified atom stereocenters. The first kappa shape index (κ1) is 12.9. The van der Waals surface area contributed by atoms with Gasteiger partial charge in [-0.05, 0) is 18.1 Å². The number of para-hydroxylation sites is 1. The number of benzene rings is 1. The van der Waals surface area contributed by atoms with E-state index in [1.54, 1.807) is 11.9 Å². The van der Waals surface area contributed by atoms with E-state index >= 15 is 0 Å². The monoisotopic (exact) mass is 271 g/mol. The summed E-state index contributed by atoms with van der Waals surface area (Å²) in [5.41, 5.74) is 2.00. The zero-order valence-electron chi connectivity index (χ0n) is 11.8. The Labute approximate surface area is 118 Å². The van der Waals surface area contributed by atoms with E-state index in [1.165, 1.54) is 7.11 Å². The maximum absolute atomic E-state index is 12.5. The Kier molecular flexibility index (Phi) is 2.71. The van der Waals surface area contributed by atoms with Crippen LogP contribution in [0, 0.1) is 5.92 Å². The molecule has 0 saturated heterocycles. The van der Waals surface area contributed by atoms with Crippen LogP contribution in [-0.2, 0) is 19.7 Å². The van der Waals surface area contributed by atoms with Crippen molar-refractivity contribution in [2.24, 2.45) is 5.92 Å². The van der Waals surface area contributed by atoms with Crippen LogP contribution >= 0.6 is 0 Å². The lowest BCUT2D eigenvalue weighted by atomic mass is 9.67. The van der Waals surface area contributed by atoms with Gasteiger partial charge in [0.05, 0.1) is 13.0 Å². The molecule has 20 heavy (non-hydrogen) atoms. The van der Waals surface area contributed by atoms with E-state index < -0.39 is 5.41 Å². The maximum atomic E-state index is 12.5. The number of rotatable bonds is 1. The van der Waals surface area contributed by atoms with Crippen molar-refractivity contribution in [3.05, 3.63) is 41.5 Å². The third kappa shape index (κ3) is 1.42. The molecule has 4 heteroatoms. The first-order valence-electron chi connectivity index (χ1n) is 6.67. The number of carbonyl (C=O) groups is 2. The lowest BCUT2D eigenvalue weighted by molar-refractivity contribution is -0.147. The number of fused-ring (bicyclic) bond motifs is 3. The van der Waals surface area contributed by atoms with Gasteiger partial charge in [0.25, 0.3) is 5.91 Å². The van der Waals surface area contributed by atoms with Gasteiger partial charge in [0.15, 0.2) is 0 Å². The normalized spacial score (nSPS) is 27.8.